The molecule has 1 fully saturated rings. The summed E-state index contributed by atoms with van der Waals surface area (Å²) in [4.78, 5) is 23.9. The normalized spacial score (nSPS) is 21.2. The van der Waals surface area contributed by atoms with E-state index in [1.807, 2.05) is 24.3 Å². The number of carbonyl (C=O) groups is 2. The third kappa shape index (κ3) is 4.56. The lowest BCUT2D eigenvalue weighted by Gasteiger charge is -2.29. The molecule has 0 spiro atoms. The van der Waals surface area contributed by atoms with Crippen molar-refractivity contribution in [2.75, 3.05) is 0 Å². The van der Waals surface area contributed by atoms with Gasteiger partial charge in [0, 0.05) is 19.1 Å². The average Bonchev–Trinajstić information content (AvgIpc) is 2.54. The van der Waals surface area contributed by atoms with Gasteiger partial charge in [0.05, 0.1) is 0 Å². The van der Waals surface area contributed by atoms with E-state index in [1.165, 1.54) is 6.42 Å². The third-order valence-electron chi connectivity index (χ3n) is 4.31. The van der Waals surface area contributed by atoms with Crippen LogP contribution in [-0.2, 0) is 22.7 Å². The highest BCUT2D eigenvalue weighted by atomic mass is 16.2. The summed E-state index contributed by atoms with van der Waals surface area (Å²) in [6.45, 7) is 2.92. The van der Waals surface area contributed by atoms with E-state index in [4.69, 9.17) is 5.73 Å². The molecule has 1 saturated carbocycles. The monoisotopic (exact) mass is 303 g/mol. The number of benzene rings is 1. The quantitative estimate of drug-likeness (QED) is 0.736. The van der Waals surface area contributed by atoms with E-state index in [-0.39, 0.29) is 6.04 Å². The molecule has 0 radical (unpaired) electrons. The summed E-state index contributed by atoms with van der Waals surface area (Å²) < 4.78 is 0. The van der Waals surface area contributed by atoms with E-state index in [0.29, 0.717) is 19.0 Å². The van der Waals surface area contributed by atoms with Crippen molar-refractivity contribution >= 4 is 11.8 Å². The number of hydrogen-bond donors (Lipinski definition) is 3. The van der Waals surface area contributed by atoms with Gasteiger partial charge >= 0.3 is 11.8 Å². The standard InChI is InChI=1S/C17H25N3O2/c1-12-5-2-3-8-15(12)20-17(22)16(21)19-11-14-7-4-6-13(9-14)10-18/h4,6-7,9,12,15H,2-3,5,8,10-11,18H2,1H3,(H,19,21)(H,20,22). The van der Waals surface area contributed by atoms with Crippen LogP contribution < -0.4 is 16.4 Å². The van der Waals surface area contributed by atoms with Crippen LogP contribution in [0, 0.1) is 5.92 Å². The molecule has 120 valence electrons. The maximum absolute atomic E-state index is 12.0. The summed E-state index contributed by atoms with van der Waals surface area (Å²) in [7, 11) is 0. The van der Waals surface area contributed by atoms with Crippen LogP contribution in [0.5, 0.6) is 0 Å². The van der Waals surface area contributed by atoms with Crippen molar-refractivity contribution < 1.29 is 9.59 Å². The summed E-state index contributed by atoms with van der Waals surface area (Å²) in [5.41, 5.74) is 7.54. The van der Waals surface area contributed by atoms with Gasteiger partial charge in [-0.25, -0.2) is 0 Å². The van der Waals surface area contributed by atoms with E-state index >= 15 is 0 Å². The van der Waals surface area contributed by atoms with Crippen LogP contribution in [-0.4, -0.2) is 17.9 Å². The van der Waals surface area contributed by atoms with Gasteiger partial charge in [0.15, 0.2) is 0 Å². The number of nitrogens with one attached hydrogen (secondary N) is 2. The van der Waals surface area contributed by atoms with Crippen molar-refractivity contribution in [3.8, 4) is 0 Å². The van der Waals surface area contributed by atoms with Crippen molar-refractivity contribution in [2.45, 2.75) is 51.7 Å². The fourth-order valence-electron chi connectivity index (χ4n) is 2.89. The molecule has 2 rings (SSSR count). The minimum absolute atomic E-state index is 0.118. The Morgan fingerprint density at radius 3 is 2.64 bits per heavy atom. The molecule has 5 nitrogen and oxygen atoms in total. The van der Waals surface area contributed by atoms with Crippen molar-refractivity contribution in [3.05, 3.63) is 35.4 Å². The van der Waals surface area contributed by atoms with E-state index in [0.717, 1.165) is 30.4 Å². The van der Waals surface area contributed by atoms with Crippen LogP contribution in [0.15, 0.2) is 24.3 Å². The Bertz CT molecular complexity index is 530. The minimum Gasteiger partial charge on any atom is -0.345 e. The summed E-state index contributed by atoms with van der Waals surface area (Å²) in [5, 5.41) is 5.52. The van der Waals surface area contributed by atoms with Crippen LogP contribution in [0.2, 0.25) is 0 Å². The summed E-state index contributed by atoms with van der Waals surface area (Å²) in [6, 6.07) is 7.78. The maximum atomic E-state index is 12.0. The van der Waals surface area contributed by atoms with Gasteiger partial charge in [0.25, 0.3) is 0 Å². The first-order chi connectivity index (χ1) is 10.6. The van der Waals surface area contributed by atoms with Gasteiger partial charge < -0.3 is 16.4 Å². The molecule has 1 aromatic carbocycles. The topological polar surface area (TPSA) is 84.2 Å². The lowest BCUT2D eigenvalue weighted by atomic mass is 9.86. The molecule has 5 heteroatoms. The van der Waals surface area contributed by atoms with Crippen LogP contribution in [0.1, 0.15) is 43.7 Å². The van der Waals surface area contributed by atoms with Crippen molar-refractivity contribution in [1.29, 1.82) is 0 Å². The van der Waals surface area contributed by atoms with Gasteiger partial charge in [0.1, 0.15) is 0 Å². The first-order valence-corrected chi connectivity index (χ1v) is 7.96. The van der Waals surface area contributed by atoms with Crippen molar-refractivity contribution in [3.63, 3.8) is 0 Å². The summed E-state index contributed by atoms with van der Waals surface area (Å²) in [6.07, 6.45) is 4.39. The van der Waals surface area contributed by atoms with Crippen LogP contribution >= 0.6 is 0 Å². The SMILES string of the molecule is CC1CCCCC1NC(=O)C(=O)NCc1cccc(CN)c1. The fraction of sp³-hybridized carbons (Fsp3) is 0.529. The molecule has 2 unspecified atom stereocenters. The van der Waals surface area contributed by atoms with Crippen molar-refractivity contribution in [1.82, 2.24) is 10.6 Å². The Labute approximate surface area is 131 Å². The zero-order chi connectivity index (χ0) is 15.9. The Kier molecular flexibility index (Phi) is 5.95. The molecule has 0 aliphatic heterocycles. The Morgan fingerprint density at radius 1 is 1.18 bits per heavy atom. The van der Waals surface area contributed by atoms with E-state index < -0.39 is 11.8 Å². The third-order valence-corrected chi connectivity index (χ3v) is 4.31. The molecular weight excluding hydrogens is 278 g/mol. The molecule has 1 aliphatic carbocycles. The predicted molar refractivity (Wildman–Crippen MR) is 85.7 cm³/mol. The molecule has 1 aliphatic rings. The molecule has 0 heterocycles. The molecule has 0 bridgehead atoms. The Morgan fingerprint density at radius 2 is 1.91 bits per heavy atom. The second-order valence-corrected chi connectivity index (χ2v) is 6.05. The second kappa shape index (κ2) is 7.94. The fourth-order valence-corrected chi connectivity index (χ4v) is 2.89. The lowest BCUT2D eigenvalue weighted by molar-refractivity contribution is -0.140. The van der Waals surface area contributed by atoms with Gasteiger partial charge in [-0.2, -0.15) is 0 Å². The molecule has 22 heavy (non-hydrogen) atoms. The lowest BCUT2D eigenvalue weighted by Crippen LogP contribution is -2.47. The highest BCUT2D eigenvalue weighted by Crippen LogP contribution is 2.23. The highest BCUT2D eigenvalue weighted by molar-refractivity contribution is 6.35. The minimum atomic E-state index is -0.573. The van der Waals surface area contributed by atoms with Crippen LogP contribution in [0.25, 0.3) is 0 Å². The van der Waals surface area contributed by atoms with Gasteiger partial charge in [-0.1, -0.05) is 44.0 Å². The molecule has 2 atom stereocenters. The zero-order valence-electron chi connectivity index (χ0n) is 13.1. The predicted octanol–water partition coefficient (Wildman–Crippen LogP) is 1.46. The van der Waals surface area contributed by atoms with Gasteiger partial charge in [0.2, 0.25) is 0 Å². The van der Waals surface area contributed by atoms with Gasteiger partial charge in [-0.15, -0.1) is 0 Å². The number of rotatable bonds is 4. The number of amides is 2. The maximum Gasteiger partial charge on any atom is 0.309 e. The number of hydrogen-bond acceptors (Lipinski definition) is 3. The van der Waals surface area contributed by atoms with E-state index in [2.05, 4.69) is 17.6 Å². The number of carbonyl (C=O) groups excluding carboxylic acids is 2. The van der Waals surface area contributed by atoms with E-state index in [1.54, 1.807) is 0 Å². The summed E-state index contributed by atoms with van der Waals surface area (Å²) in [5.74, 6) is -0.670. The van der Waals surface area contributed by atoms with Crippen LogP contribution in [0.3, 0.4) is 0 Å². The second-order valence-electron chi connectivity index (χ2n) is 6.05. The zero-order valence-corrected chi connectivity index (χ0v) is 13.1. The first kappa shape index (κ1) is 16.5. The molecule has 0 saturated heterocycles. The smallest absolute Gasteiger partial charge is 0.309 e. The summed E-state index contributed by atoms with van der Waals surface area (Å²) >= 11 is 0. The first-order valence-electron chi connectivity index (χ1n) is 7.96. The van der Waals surface area contributed by atoms with Crippen LogP contribution in [0.4, 0.5) is 0 Å². The molecule has 2 amide bonds. The molecule has 4 N–H and O–H groups in total. The Balaban J connectivity index is 1.82. The van der Waals surface area contributed by atoms with Gasteiger partial charge in [-0.05, 0) is 29.9 Å². The Hall–Kier alpha value is -1.88. The van der Waals surface area contributed by atoms with E-state index in [9.17, 15) is 9.59 Å². The molecular formula is C17H25N3O2. The van der Waals surface area contributed by atoms with Crippen molar-refractivity contribution in [2.24, 2.45) is 11.7 Å². The molecule has 0 aromatic heterocycles. The molecule has 1 aromatic rings. The average molecular weight is 303 g/mol. The largest absolute Gasteiger partial charge is 0.345 e. The number of nitrogens with two attached hydrogens (primary N) is 1. The van der Waals surface area contributed by atoms with Gasteiger partial charge in [-0.3, -0.25) is 9.59 Å². The highest BCUT2D eigenvalue weighted by Gasteiger charge is 2.25.